The Kier molecular flexibility index (Phi) is 7.97. The van der Waals surface area contributed by atoms with Crippen LogP contribution >= 0.6 is 22.7 Å². The number of sulfonamides is 1. The van der Waals surface area contributed by atoms with Gasteiger partial charge in [0.25, 0.3) is 0 Å². The van der Waals surface area contributed by atoms with Crippen LogP contribution in [0.1, 0.15) is 17.3 Å². The molecule has 0 aliphatic carbocycles. The number of nitrogens with one attached hydrogen (secondary N) is 1. The van der Waals surface area contributed by atoms with E-state index >= 15 is 0 Å². The van der Waals surface area contributed by atoms with Crippen LogP contribution < -0.4 is 5.32 Å². The van der Waals surface area contributed by atoms with Crippen LogP contribution in [0.15, 0.2) is 52.1 Å². The Morgan fingerprint density at radius 1 is 1.11 bits per heavy atom. The smallest absolute Gasteiger partial charge is 0.341 e. The molecule has 1 amide bonds. The van der Waals surface area contributed by atoms with E-state index in [4.69, 9.17) is 4.74 Å². The molecular formula is C23H24FN3O5S3. The summed E-state index contributed by atoms with van der Waals surface area (Å²) in [5.74, 6) is -1.42. The number of ether oxygens (including phenoxy) is 1. The van der Waals surface area contributed by atoms with E-state index in [1.165, 1.54) is 45.2 Å². The van der Waals surface area contributed by atoms with Crippen molar-refractivity contribution in [2.45, 2.75) is 11.8 Å². The standard InChI is InChI=1S/C23H24FN3O5S3/c1-2-32-23(29)21-18(19-7-4-12-33-19)15-34-22(21)25-20(28)14-26-8-10-27(11-9-26)35(30,31)17-6-3-5-16(24)13-17/h3-7,12-13,15H,2,8-11,14H2,1H3,(H,25,28). The van der Waals surface area contributed by atoms with Crippen molar-refractivity contribution in [3.8, 4) is 10.4 Å². The number of halogens is 1. The first-order valence-corrected chi connectivity index (χ1v) is 14.1. The number of amides is 1. The first kappa shape index (κ1) is 25.5. The molecule has 1 aliphatic rings. The first-order chi connectivity index (χ1) is 16.8. The van der Waals surface area contributed by atoms with Crippen LogP contribution in [0.5, 0.6) is 0 Å². The number of nitrogens with zero attached hydrogens (tertiary/aromatic N) is 2. The second kappa shape index (κ2) is 11.0. The molecule has 1 fully saturated rings. The lowest BCUT2D eigenvalue weighted by molar-refractivity contribution is -0.117. The van der Waals surface area contributed by atoms with Gasteiger partial charge in [-0.3, -0.25) is 9.69 Å². The molecule has 1 N–H and O–H groups in total. The predicted molar refractivity (Wildman–Crippen MR) is 134 cm³/mol. The number of esters is 1. The number of piperazine rings is 1. The Hall–Kier alpha value is -2.64. The molecule has 1 aliphatic heterocycles. The van der Waals surface area contributed by atoms with E-state index in [1.807, 2.05) is 27.8 Å². The third-order valence-corrected chi connectivity index (χ3v) is 9.14. The minimum atomic E-state index is -3.81. The van der Waals surface area contributed by atoms with Gasteiger partial charge in [-0.25, -0.2) is 17.6 Å². The normalized spacial score (nSPS) is 15.1. The number of anilines is 1. The lowest BCUT2D eigenvalue weighted by Gasteiger charge is -2.33. The molecule has 35 heavy (non-hydrogen) atoms. The molecule has 8 nitrogen and oxygen atoms in total. The maximum absolute atomic E-state index is 13.5. The number of rotatable bonds is 8. The minimum absolute atomic E-state index is 0.0440. The number of carbonyl (C=O) groups is 2. The molecular weight excluding hydrogens is 513 g/mol. The van der Waals surface area contributed by atoms with Crippen molar-refractivity contribution in [2.75, 3.05) is 44.6 Å². The van der Waals surface area contributed by atoms with Gasteiger partial charge in [-0.2, -0.15) is 4.31 Å². The van der Waals surface area contributed by atoms with Crippen LogP contribution in [0.3, 0.4) is 0 Å². The summed E-state index contributed by atoms with van der Waals surface area (Å²) in [6.45, 7) is 3.04. The lowest BCUT2D eigenvalue weighted by Crippen LogP contribution is -2.50. The fourth-order valence-corrected chi connectivity index (χ4v) is 6.98. The molecule has 0 saturated carbocycles. The second-order valence-electron chi connectivity index (χ2n) is 7.74. The Bertz CT molecular complexity index is 1300. The van der Waals surface area contributed by atoms with Crippen molar-refractivity contribution in [1.82, 2.24) is 9.21 Å². The zero-order chi connectivity index (χ0) is 25.0. The zero-order valence-electron chi connectivity index (χ0n) is 18.9. The maximum atomic E-state index is 13.5. The van der Waals surface area contributed by atoms with Crippen LogP contribution in [-0.2, 0) is 19.6 Å². The summed E-state index contributed by atoms with van der Waals surface area (Å²) in [6.07, 6.45) is 0. The van der Waals surface area contributed by atoms with Crippen LogP contribution in [0.25, 0.3) is 10.4 Å². The summed E-state index contributed by atoms with van der Waals surface area (Å²) in [7, 11) is -3.81. The summed E-state index contributed by atoms with van der Waals surface area (Å²) in [5, 5.41) is 6.98. The highest BCUT2D eigenvalue weighted by Gasteiger charge is 2.30. The van der Waals surface area contributed by atoms with Crippen molar-refractivity contribution >= 4 is 49.6 Å². The Labute approximate surface area is 211 Å². The van der Waals surface area contributed by atoms with Gasteiger partial charge in [0.15, 0.2) is 0 Å². The van der Waals surface area contributed by atoms with Crippen molar-refractivity contribution in [3.63, 3.8) is 0 Å². The van der Waals surface area contributed by atoms with E-state index in [2.05, 4.69) is 5.32 Å². The quantitative estimate of drug-likeness (QED) is 0.440. The molecule has 0 unspecified atom stereocenters. The van der Waals surface area contributed by atoms with Gasteiger partial charge < -0.3 is 10.1 Å². The monoisotopic (exact) mass is 537 g/mol. The summed E-state index contributed by atoms with van der Waals surface area (Å²) in [5.41, 5.74) is 1.05. The molecule has 1 saturated heterocycles. The van der Waals surface area contributed by atoms with Crippen LogP contribution in [-0.4, -0.2) is 68.8 Å². The number of hydrogen-bond donors (Lipinski definition) is 1. The van der Waals surface area contributed by atoms with Gasteiger partial charge in [0.1, 0.15) is 16.4 Å². The molecule has 12 heteroatoms. The van der Waals surface area contributed by atoms with Crippen molar-refractivity contribution in [3.05, 3.63) is 58.5 Å². The van der Waals surface area contributed by atoms with Crippen LogP contribution in [0.2, 0.25) is 0 Å². The van der Waals surface area contributed by atoms with Gasteiger partial charge in [0.2, 0.25) is 15.9 Å². The number of thiophene rings is 2. The molecule has 3 heterocycles. The van der Waals surface area contributed by atoms with E-state index in [9.17, 15) is 22.4 Å². The fraction of sp³-hybridized carbons (Fsp3) is 0.304. The van der Waals surface area contributed by atoms with Gasteiger partial charge in [-0.15, -0.1) is 22.7 Å². The summed E-state index contributed by atoms with van der Waals surface area (Å²) < 4.78 is 45.6. The van der Waals surface area contributed by atoms with Crippen molar-refractivity contribution in [1.29, 1.82) is 0 Å². The highest BCUT2D eigenvalue weighted by atomic mass is 32.2. The van der Waals surface area contributed by atoms with Gasteiger partial charge in [0, 0.05) is 42.0 Å². The molecule has 186 valence electrons. The minimum Gasteiger partial charge on any atom is -0.462 e. The maximum Gasteiger partial charge on any atom is 0.341 e. The van der Waals surface area contributed by atoms with Gasteiger partial charge in [-0.1, -0.05) is 12.1 Å². The summed E-state index contributed by atoms with van der Waals surface area (Å²) >= 11 is 2.75. The van der Waals surface area contributed by atoms with E-state index in [1.54, 1.807) is 6.92 Å². The molecule has 0 atom stereocenters. The highest BCUT2D eigenvalue weighted by Crippen LogP contribution is 2.38. The van der Waals surface area contributed by atoms with E-state index in [-0.39, 0.29) is 37.0 Å². The van der Waals surface area contributed by atoms with Gasteiger partial charge in [-0.05, 0) is 36.6 Å². The first-order valence-electron chi connectivity index (χ1n) is 10.9. The number of hydrogen-bond acceptors (Lipinski definition) is 8. The Balaban J connectivity index is 1.39. The van der Waals surface area contributed by atoms with E-state index in [0.717, 1.165) is 16.5 Å². The number of carbonyl (C=O) groups excluding carboxylic acids is 2. The molecule has 0 bridgehead atoms. The molecule has 1 aromatic carbocycles. The SMILES string of the molecule is CCOC(=O)c1c(-c2cccs2)csc1NC(=O)CN1CCN(S(=O)(=O)c2cccc(F)c2)CC1. The van der Waals surface area contributed by atoms with Crippen LogP contribution in [0.4, 0.5) is 9.39 Å². The predicted octanol–water partition coefficient (Wildman–Crippen LogP) is 3.74. The highest BCUT2D eigenvalue weighted by molar-refractivity contribution is 7.89. The van der Waals surface area contributed by atoms with Gasteiger partial charge >= 0.3 is 5.97 Å². The van der Waals surface area contributed by atoms with Crippen molar-refractivity contribution < 1.29 is 27.1 Å². The summed E-state index contributed by atoms with van der Waals surface area (Å²) in [6, 6.07) is 8.71. The summed E-state index contributed by atoms with van der Waals surface area (Å²) in [4.78, 5) is 28.1. The Morgan fingerprint density at radius 3 is 2.54 bits per heavy atom. The third-order valence-electron chi connectivity index (χ3n) is 5.44. The molecule has 0 radical (unpaired) electrons. The topological polar surface area (TPSA) is 96.0 Å². The third kappa shape index (κ3) is 5.78. The second-order valence-corrected chi connectivity index (χ2v) is 11.5. The zero-order valence-corrected chi connectivity index (χ0v) is 21.3. The largest absolute Gasteiger partial charge is 0.462 e. The van der Waals surface area contributed by atoms with Crippen molar-refractivity contribution in [2.24, 2.45) is 0 Å². The number of benzene rings is 1. The average Bonchev–Trinajstić information content (AvgIpc) is 3.49. The van der Waals surface area contributed by atoms with Gasteiger partial charge in [0.05, 0.1) is 18.0 Å². The fourth-order valence-electron chi connectivity index (χ4n) is 3.74. The molecule has 2 aromatic heterocycles. The van der Waals surface area contributed by atoms with E-state index < -0.39 is 21.8 Å². The Morgan fingerprint density at radius 2 is 1.89 bits per heavy atom. The average molecular weight is 538 g/mol. The van der Waals surface area contributed by atoms with Crippen LogP contribution in [0, 0.1) is 5.82 Å². The molecule has 4 rings (SSSR count). The molecule has 3 aromatic rings. The molecule has 0 spiro atoms. The lowest BCUT2D eigenvalue weighted by atomic mass is 10.1. The van der Waals surface area contributed by atoms with E-state index in [0.29, 0.717) is 23.7 Å².